The molecule has 4 atom stereocenters. The van der Waals surface area contributed by atoms with Crippen molar-refractivity contribution in [1.29, 1.82) is 0 Å². The zero-order chi connectivity index (χ0) is 38.7. The molecule has 8 heteroatoms. The van der Waals surface area contributed by atoms with Crippen LogP contribution in [-0.2, 0) is 19.2 Å². The zero-order valence-electron chi connectivity index (χ0n) is 33.4. The van der Waals surface area contributed by atoms with Gasteiger partial charge in [-0.3, -0.25) is 9.59 Å². The molecule has 51 heavy (non-hydrogen) atoms. The van der Waals surface area contributed by atoms with Crippen LogP contribution in [0, 0.1) is 29.1 Å². The molecule has 1 aliphatic carbocycles. The Kier molecular flexibility index (Phi) is 27.5. The monoisotopic (exact) mass is 717 g/mol. The molecule has 0 aromatic carbocycles. The Balaban J connectivity index is 0.000000918. The highest BCUT2D eigenvalue weighted by atomic mass is 16.4. The van der Waals surface area contributed by atoms with Crippen LogP contribution >= 0.6 is 0 Å². The van der Waals surface area contributed by atoms with Gasteiger partial charge in [-0.15, -0.1) is 6.58 Å². The molecule has 4 unspecified atom stereocenters. The van der Waals surface area contributed by atoms with E-state index < -0.39 is 17.9 Å². The number of carboxylic acid groups (broad SMARTS) is 1. The lowest BCUT2D eigenvalue weighted by Gasteiger charge is -2.31. The largest absolute Gasteiger partial charge is 0.480 e. The van der Waals surface area contributed by atoms with Crippen LogP contribution in [0.2, 0.25) is 0 Å². The van der Waals surface area contributed by atoms with Gasteiger partial charge >= 0.3 is 5.97 Å². The van der Waals surface area contributed by atoms with Gasteiger partial charge in [-0.1, -0.05) is 103 Å². The number of aldehydes is 2. The van der Waals surface area contributed by atoms with E-state index in [0.717, 1.165) is 55.1 Å². The van der Waals surface area contributed by atoms with Crippen LogP contribution in [0.15, 0.2) is 36.5 Å². The average Bonchev–Trinajstić information content (AvgIpc) is 3.62. The predicted octanol–water partition coefficient (Wildman–Crippen LogP) is 9.12. The van der Waals surface area contributed by atoms with Gasteiger partial charge in [0, 0.05) is 13.2 Å². The average molecular weight is 717 g/mol. The molecule has 0 aromatic heterocycles. The second-order valence-corrected chi connectivity index (χ2v) is 15.7. The second kappa shape index (κ2) is 28.9. The summed E-state index contributed by atoms with van der Waals surface area (Å²) in [7, 11) is 0. The minimum atomic E-state index is -1.03. The maximum Gasteiger partial charge on any atom is 0.326 e. The van der Waals surface area contributed by atoms with E-state index in [9.17, 15) is 19.5 Å². The number of nitrogens with zero attached hydrogens (tertiary/aromatic N) is 1. The van der Waals surface area contributed by atoms with Crippen molar-refractivity contribution in [2.75, 3.05) is 26.2 Å². The molecule has 1 saturated carbocycles. The number of unbranched alkanes of at least 4 members (excludes halogenated alkanes) is 3. The zero-order valence-corrected chi connectivity index (χ0v) is 33.4. The summed E-state index contributed by atoms with van der Waals surface area (Å²) in [5, 5.41) is 21.9. The van der Waals surface area contributed by atoms with Crippen molar-refractivity contribution in [3.8, 4) is 0 Å². The van der Waals surface area contributed by atoms with E-state index in [0.29, 0.717) is 24.8 Å². The molecule has 2 saturated heterocycles. The molecule has 3 fully saturated rings. The number of carbonyl (C=O) groups is 4. The highest BCUT2D eigenvalue weighted by molar-refractivity contribution is 6.24. The fourth-order valence-corrected chi connectivity index (χ4v) is 7.05. The van der Waals surface area contributed by atoms with Gasteiger partial charge in [0.2, 0.25) is 6.29 Å². The van der Waals surface area contributed by atoms with Gasteiger partial charge in [-0.25, -0.2) is 4.79 Å². The van der Waals surface area contributed by atoms with E-state index in [-0.39, 0.29) is 18.3 Å². The predicted molar refractivity (Wildman–Crippen MR) is 212 cm³/mol. The first-order valence-electron chi connectivity index (χ1n) is 19.9. The Labute approximate surface area is 312 Å². The molecule has 2 aliphatic heterocycles. The van der Waals surface area contributed by atoms with Crippen molar-refractivity contribution in [2.45, 2.75) is 157 Å². The molecular formula is C43H76N2O6. The number of amides is 1. The highest BCUT2D eigenvalue weighted by Gasteiger charge is 2.31. The molecule has 3 aliphatic rings. The van der Waals surface area contributed by atoms with E-state index in [2.05, 4.69) is 59.2 Å². The number of hydrogen-bond acceptors (Lipinski definition) is 6. The lowest BCUT2D eigenvalue weighted by Crippen LogP contribution is -2.48. The Morgan fingerprint density at radius 3 is 2.12 bits per heavy atom. The van der Waals surface area contributed by atoms with Gasteiger partial charge in [0.15, 0.2) is 0 Å². The highest BCUT2D eigenvalue weighted by Crippen LogP contribution is 2.33. The van der Waals surface area contributed by atoms with Crippen molar-refractivity contribution in [3.63, 3.8) is 0 Å². The molecule has 3 N–H and O–H groups in total. The maximum absolute atomic E-state index is 11.0. The van der Waals surface area contributed by atoms with E-state index in [1.165, 1.54) is 102 Å². The summed E-state index contributed by atoms with van der Waals surface area (Å²) in [6.07, 6.45) is 26.0. The number of carboxylic acids is 1. The number of rotatable bonds is 17. The van der Waals surface area contributed by atoms with E-state index in [1.807, 2.05) is 6.08 Å². The summed E-state index contributed by atoms with van der Waals surface area (Å²) >= 11 is 0. The first-order chi connectivity index (χ1) is 24.3. The number of piperidine rings is 2. The van der Waals surface area contributed by atoms with Gasteiger partial charge in [0.05, 0.1) is 0 Å². The van der Waals surface area contributed by atoms with Crippen molar-refractivity contribution in [1.82, 2.24) is 10.2 Å². The standard InChI is InChI=1S/C27H49NO.C8H11NO4.C6H12.C2H4O/c1-7-13-26(18-17-22(2)24(4)27(5,6)21-29)23(3)14-10-8-9-11-15-25-16-12-19-28-20-25;10-5-7(11)9-4-2-1-3-6(9)8(12)13;1-6-4-2-3-5-6;1-2-3/h7,17,24-26,28-29H,1,3,8-16,18-21H2,2,4-6H3;5-6H,1-4H2,(H,12,13);6H,2-5H2,1H3;2H,1H3/b22-17+;;;. The third kappa shape index (κ3) is 21.5. The third-order valence-corrected chi connectivity index (χ3v) is 11.1. The summed E-state index contributed by atoms with van der Waals surface area (Å²) in [6.45, 7) is 23.9. The number of hydrogen-bond donors (Lipinski definition) is 3. The normalized spacial score (nSPS) is 20.5. The number of nitrogens with one attached hydrogen (secondary N) is 1. The quantitative estimate of drug-likeness (QED) is 0.0594. The van der Waals surface area contributed by atoms with Crippen LogP contribution in [0.4, 0.5) is 0 Å². The number of likely N-dealkylation sites (tertiary alicyclic amines) is 1. The lowest BCUT2D eigenvalue weighted by atomic mass is 9.76. The van der Waals surface area contributed by atoms with E-state index >= 15 is 0 Å². The molecule has 0 spiro atoms. The number of carbonyl (C=O) groups excluding carboxylic acids is 3. The number of allylic oxidation sites excluding steroid dienone is 4. The van der Waals surface area contributed by atoms with Gasteiger partial charge in [0.25, 0.3) is 5.91 Å². The molecule has 2 heterocycles. The van der Waals surface area contributed by atoms with Gasteiger partial charge in [-0.2, -0.15) is 0 Å². The Hall–Kier alpha value is -2.58. The lowest BCUT2D eigenvalue weighted by molar-refractivity contribution is -0.153. The van der Waals surface area contributed by atoms with Crippen LogP contribution in [0.25, 0.3) is 0 Å². The first-order valence-corrected chi connectivity index (χ1v) is 19.9. The Bertz CT molecular complexity index is 1030. The summed E-state index contributed by atoms with van der Waals surface area (Å²) in [6, 6.07) is -0.813. The molecule has 0 aromatic rings. The van der Waals surface area contributed by atoms with E-state index in [4.69, 9.17) is 9.90 Å². The number of aliphatic hydroxyl groups is 1. The Morgan fingerprint density at radius 2 is 1.61 bits per heavy atom. The van der Waals surface area contributed by atoms with Crippen molar-refractivity contribution < 1.29 is 29.4 Å². The molecular weight excluding hydrogens is 640 g/mol. The van der Waals surface area contributed by atoms with Crippen LogP contribution < -0.4 is 5.32 Å². The molecule has 3 rings (SSSR count). The third-order valence-electron chi connectivity index (χ3n) is 11.1. The SMILES string of the molecule is C=CCC(C/C=C(\C)C(C)C(C)(C)CO)C(=C)CCCCCCC1CCCNC1.CC1CCCC1.CC=O.O=CC(=O)N1CCCCC1C(=O)O. The van der Waals surface area contributed by atoms with Gasteiger partial charge in [-0.05, 0) is 120 Å². The molecule has 8 nitrogen and oxygen atoms in total. The number of aliphatic carboxylic acids is 1. The fourth-order valence-electron chi connectivity index (χ4n) is 7.05. The number of aliphatic hydroxyl groups excluding tert-OH is 1. The minimum Gasteiger partial charge on any atom is -0.480 e. The second-order valence-electron chi connectivity index (χ2n) is 15.7. The summed E-state index contributed by atoms with van der Waals surface area (Å²) in [5.74, 6) is 1.08. The topological polar surface area (TPSA) is 124 Å². The molecule has 1 amide bonds. The maximum atomic E-state index is 11.0. The van der Waals surface area contributed by atoms with Crippen molar-refractivity contribution in [2.24, 2.45) is 29.1 Å². The van der Waals surface area contributed by atoms with Gasteiger partial charge in [0.1, 0.15) is 12.3 Å². The van der Waals surface area contributed by atoms with Crippen LogP contribution in [0.5, 0.6) is 0 Å². The molecule has 0 bridgehead atoms. The van der Waals surface area contributed by atoms with Crippen LogP contribution in [0.1, 0.15) is 151 Å². The first kappa shape index (κ1) is 48.4. The van der Waals surface area contributed by atoms with Gasteiger partial charge < -0.3 is 25.2 Å². The molecule has 294 valence electrons. The minimum absolute atomic E-state index is 0.0702. The van der Waals surface area contributed by atoms with Crippen LogP contribution in [0.3, 0.4) is 0 Å². The van der Waals surface area contributed by atoms with Crippen molar-refractivity contribution >= 4 is 24.4 Å². The summed E-state index contributed by atoms with van der Waals surface area (Å²) in [5.41, 5.74) is 2.70. The summed E-state index contributed by atoms with van der Waals surface area (Å²) in [4.78, 5) is 41.8. The fraction of sp³-hybridized carbons (Fsp3) is 0.767. The Morgan fingerprint density at radius 1 is 0.980 bits per heavy atom. The smallest absolute Gasteiger partial charge is 0.326 e. The van der Waals surface area contributed by atoms with Crippen molar-refractivity contribution in [3.05, 3.63) is 36.5 Å². The summed E-state index contributed by atoms with van der Waals surface area (Å²) < 4.78 is 0. The molecule has 0 radical (unpaired) electrons. The van der Waals surface area contributed by atoms with Crippen LogP contribution in [-0.4, -0.2) is 71.8 Å². The van der Waals surface area contributed by atoms with E-state index in [1.54, 1.807) is 0 Å².